The summed E-state index contributed by atoms with van der Waals surface area (Å²) < 4.78 is 11.9. The van der Waals surface area contributed by atoms with Crippen molar-refractivity contribution >= 4 is 0 Å². The molecule has 5 heteroatoms. The molecule has 0 saturated carbocycles. The van der Waals surface area contributed by atoms with Crippen molar-refractivity contribution in [1.82, 2.24) is 9.97 Å². The van der Waals surface area contributed by atoms with E-state index in [0.717, 1.165) is 24.3 Å². The summed E-state index contributed by atoms with van der Waals surface area (Å²) in [5.74, 6) is 1.16. The molecule has 1 aliphatic heterocycles. The van der Waals surface area contributed by atoms with E-state index in [-0.39, 0.29) is 12.0 Å². The fourth-order valence-corrected chi connectivity index (χ4v) is 3.38. The number of benzene rings is 1. The second-order valence-electron chi connectivity index (χ2n) is 7.31. The van der Waals surface area contributed by atoms with Crippen LogP contribution in [-0.4, -0.2) is 28.3 Å². The minimum atomic E-state index is -0.291. The van der Waals surface area contributed by atoms with Crippen LogP contribution in [0.5, 0.6) is 5.75 Å². The Labute approximate surface area is 161 Å². The standard InChI is InChI=1S/C22H30N2O3/c1-2-3-4-5-6-7-8-17-15-26-22(27-16-17)19-11-9-18(10-12-19)21-23-13-20(25)14-24-21/h9-14,17,22,25H,2-8,15-16H2,1H3. The first-order chi connectivity index (χ1) is 13.3. The minimum absolute atomic E-state index is 0.0647. The fourth-order valence-electron chi connectivity index (χ4n) is 3.38. The molecule has 1 fully saturated rings. The average molecular weight is 370 g/mol. The van der Waals surface area contributed by atoms with E-state index in [2.05, 4.69) is 16.9 Å². The molecule has 2 aromatic rings. The van der Waals surface area contributed by atoms with Crippen LogP contribution in [0.15, 0.2) is 36.7 Å². The van der Waals surface area contributed by atoms with Crippen LogP contribution in [0.2, 0.25) is 0 Å². The number of aromatic nitrogens is 2. The van der Waals surface area contributed by atoms with Gasteiger partial charge in [-0.25, -0.2) is 9.97 Å². The maximum Gasteiger partial charge on any atom is 0.183 e. The van der Waals surface area contributed by atoms with Gasteiger partial charge in [0.05, 0.1) is 25.6 Å². The number of hydrogen-bond acceptors (Lipinski definition) is 5. The first-order valence-electron chi connectivity index (χ1n) is 10.1. The average Bonchev–Trinajstić information content (AvgIpc) is 2.72. The Morgan fingerprint density at radius 2 is 1.56 bits per heavy atom. The zero-order chi connectivity index (χ0) is 18.9. The van der Waals surface area contributed by atoms with Gasteiger partial charge in [0.1, 0.15) is 0 Å². The van der Waals surface area contributed by atoms with Crippen LogP contribution in [0.3, 0.4) is 0 Å². The van der Waals surface area contributed by atoms with E-state index in [1.165, 1.54) is 57.3 Å². The van der Waals surface area contributed by atoms with Gasteiger partial charge in [-0.2, -0.15) is 0 Å². The SMILES string of the molecule is CCCCCCCCC1COC(c2ccc(-c3ncc(O)cn3)cc2)OC1. The third-order valence-electron chi connectivity index (χ3n) is 5.01. The summed E-state index contributed by atoms with van der Waals surface area (Å²) in [5, 5.41) is 9.28. The second-order valence-corrected chi connectivity index (χ2v) is 7.31. The summed E-state index contributed by atoms with van der Waals surface area (Å²) in [4.78, 5) is 8.26. The predicted molar refractivity (Wildman–Crippen MR) is 105 cm³/mol. The molecule has 5 nitrogen and oxygen atoms in total. The van der Waals surface area contributed by atoms with Gasteiger partial charge in [0.15, 0.2) is 17.9 Å². The van der Waals surface area contributed by atoms with Crippen molar-refractivity contribution in [1.29, 1.82) is 0 Å². The number of ether oxygens (including phenoxy) is 2. The molecule has 1 aromatic carbocycles. The molecule has 1 saturated heterocycles. The molecule has 146 valence electrons. The smallest absolute Gasteiger partial charge is 0.183 e. The Bertz CT molecular complexity index is 665. The van der Waals surface area contributed by atoms with E-state index < -0.39 is 0 Å². The van der Waals surface area contributed by atoms with Crippen molar-refractivity contribution in [3.63, 3.8) is 0 Å². The van der Waals surface area contributed by atoms with Gasteiger partial charge in [0, 0.05) is 17.0 Å². The molecule has 0 unspecified atom stereocenters. The summed E-state index contributed by atoms with van der Waals surface area (Å²) in [7, 11) is 0. The Morgan fingerprint density at radius 3 is 2.22 bits per heavy atom. The molecule has 3 rings (SSSR count). The number of rotatable bonds is 9. The molecule has 0 bridgehead atoms. The van der Waals surface area contributed by atoms with Crippen LogP contribution >= 0.6 is 0 Å². The molecule has 0 radical (unpaired) electrons. The Hall–Kier alpha value is -1.98. The van der Waals surface area contributed by atoms with E-state index in [0.29, 0.717) is 11.7 Å². The van der Waals surface area contributed by atoms with Crippen molar-refractivity contribution < 1.29 is 14.6 Å². The van der Waals surface area contributed by atoms with E-state index >= 15 is 0 Å². The molecular formula is C22H30N2O3. The lowest BCUT2D eigenvalue weighted by Gasteiger charge is -2.29. The van der Waals surface area contributed by atoms with Crippen LogP contribution in [0.25, 0.3) is 11.4 Å². The number of unbranched alkanes of at least 4 members (excludes halogenated alkanes) is 5. The lowest BCUT2D eigenvalue weighted by atomic mass is 10.0. The van der Waals surface area contributed by atoms with Crippen molar-refractivity contribution in [2.24, 2.45) is 5.92 Å². The van der Waals surface area contributed by atoms with Gasteiger partial charge in [-0.15, -0.1) is 0 Å². The largest absolute Gasteiger partial charge is 0.505 e. The van der Waals surface area contributed by atoms with Gasteiger partial charge >= 0.3 is 0 Å². The Kier molecular flexibility index (Phi) is 7.60. The summed E-state index contributed by atoms with van der Waals surface area (Å²) in [6.45, 7) is 3.78. The number of nitrogens with zero attached hydrogens (tertiary/aromatic N) is 2. The highest BCUT2D eigenvalue weighted by Crippen LogP contribution is 2.28. The van der Waals surface area contributed by atoms with Crippen LogP contribution < -0.4 is 0 Å². The minimum Gasteiger partial charge on any atom is -0.505 e. The quantitative estimate of drug-likeness (QED) is 0.610. The van der Waals surface area contributed by atoms with E-state index in [1.54, 1.807) is 0 Å². The molecular weight excluding hydrogens is 340 g/mol. The summed E-state index contributed by atoms with van der Waals surface area (Å²) in [6.07, 6.45) is 11.7. The molecule has 2 heterocycles. The highest BCUT2D eigenvalue weighted by atomic mass is 16.7. The molecule has 1 aliphatic rings. The summed E-state index contributed by atoms with van der Waals surface area (Å²) >= 11 is 0. The van der Waals surface area contributed by atoms with Crippen molar-refractivity contribution in [3.8, 4) is 17.1 Å². The predicted octanol–water partition coefficient (Wildman–Crippen LogP) is 5.26. The Balaban J connectivity index is 1.42. The van der Waals surface area contributed by atoms with Gasteiger partial charge < -0.3 is 14.6 Å². The van der Waals surface area contributed by atoms with Gasteiger partial charge in [-0.05, 0) is 6.42 Å². The summed E-state index contributed by atoms with van der Waals surface area (Å²) in [6, 6.07) is 7.89. The van der Waals surface area contributed by atoms with E-state index in [1.807, 2.05) is 24.3 Å². The lowest BCUT2D eigenvalue weighted by molar-refractivity contribution is -0.206. The number of aromatic hydroxyl groups is 1. The van der Waals surface area contributed by atoms with Crippen LogP contribution in [0.4, 0.5) is 0 Å². The molecule has 0 aliphatic carbocycles. The molecule has 27 heavy (non-hydrogen) atoms. The Morgan fingerprint density at radius 1 is 0.926 bits per heavy atom. The highest BCUT2D eigenvalue weighted by Gasteiger charge is 2.23. The highest BCUT2D eigenvalue weighted by molar-refractivity contribution is 5.55. The first kappa shape index (κ1) is 19.8. The van der Waals surface area contributed by atoms with Gasteiger partial charge in [-0.1, -0.05) is 69.7 Å². The zero-order valence-electron chi connectivity index (χ0n) is 16.1. The van der Waals surface area contributed by atoms with Crippen molar-refractivity contribution in [3.05, 3.63) is 42.2 Å². The third kappa shape index (κ3) is 6.01. The molecule has 1 N–H and O–H groups in total. The number of hydrogen-bond donors (Lipinski definition) is 1. The van der Waals surface area contributed by atoms with E-state index in [9.17, 15) is 5.11 Å². The summed E-state index contributed by atoms with van der Waals surface area (Å²) in [5.41, 5.74) is 1.91. The fraction of sp³-hybridized carbons (Fsp3) is 0.545. The molecule has 1 aromatic heterocycles. The second kappa shape index (κ2) is 10.4. The van der Waals surface area contributed by atoms with Gasteiger partial charge in [0.25, 0.3) is 0 Å². The maximum atomic E-state index is 9.28. The van der Waals surface area contributed by atoms with Crippen LogP contribution in [0.1, 0.15) is 63.7 Å². The third-order valence-corrected chi connectivity index (χ3v) is 5.01. The monoisotopic (exact) mass is 370 g/mol. The lowest BCUT2D eigenvalue weighted by Crippen LogP contribution is -2.27. The van der Waals surface area contributed by atoms with Crippen molar-refractivity contribution in [2.45, 2.75) is 58.2 Å². The molecule has 0 amide bonds. The molecule has 0 spiro atoms. The van der Waals surface area contributed by atoms with Gasteiger partial charge in [-0.3, -0.25) is 0 Å². The zero-order valence-corrected chi connectivity index (χ0v) is 16.1. The van der Waals surface area contributed by atoms with E-state index in [4.69, 9.17) is 9.47 Å². The topological polar surface area (TPSA) is 64.5 Å². The van der Waals surface area contributed by atoms with Gasteiger partial charge in [0.2, 0.25) is 0 Å². The molecule has 0 atom stereocenters. The normalized spacial score (nSPS) is 19.9. The van der Waals surface area contributed by atoms with Crippen molar-refractivity contribution in [2.75, 3.05) is 13.2 Å². The first-order valence-corrected chi connectivity index (χ1v) is 10.1. The van der Waals surface area contributed by atoms with Crippen LogP contribution in [0, 0.1) is 5.92 Å². The maximum absolute atomic E-state index is 9.28. The van der Waals surface area contributed by atoms with Crippen LogP contribution in [-0.2, 0) is 9.47 Å².